The number of esters is 1. The van der Waals surface area contributed by atoms with Crippen molar-refractivity contribution < 1.29 is 178 Å². The van der Waals surface area contributed by atoms with Crippen molar-refractivity contribution in [2.24, 2.45) is 0 Å². The molecule has 21 aliphatic rings. The third kappa shape index (κ3) is 13.5. The van der Waals surface area contributed by atoms with Crippen LogP contribution in [0.25, 0.3) is 10.8 Å². The highest BCUT2D eigenvalue weighted by Crippen LogP contribution is 2.40. The summed E-state index contributed by atoms with van der Waals surface area (Å²) in [4.78, 5) is 14.3. The number of aliphatic hydroxyl groups excluding tert-OH is 20. The normalized spacial score (nSPS) is 49.4. The van der Waals surface area contributed by atoms with E-state index in [1.807, 2.05) is 0 Å². The fourth-order valence-corrected chi connectivity index (χ4v) is 12.1. The van der Waals surface area contributed by atoms with Gasteiger partial charge in [-0.1, -0.05) is 36.4 Å². The molecule has 0 amide bonds. The fraction of sp³-hybridized carbons (Fsp3) is 0.792. The Morgan fingerprint density at radius 1 is 0.292 bits per heavy atom. The summed E-state index contributed by atoms with van der Waals surface area (Å²) in [5.41, 5.74) is -0.0758. The maximum absolute atomic E-state index is 14.3. The number of carbonyl (C=O) groups excluding carboxylic acids is 1. The second-order valence-corrected chi connectivity index (χ2v) is 22.6. The third-order valence-electron chi connectivity index (χ3n) is 17.0. The van der Waals surface area contributed by atoms with Crippen molar-refractivity contribution in [1.29, 1.82) is 0 Å². The van der Waals surface area contributed by atoms with Gasteiger partial charge < -0.3 is 173 Å². The molecule has 0 aromatic heterocycles. The van der Waals surface area contributed by atoms with Gasteiger partial charge in [-0.25, -0.2) is 4.79 Å². The molecule has 0 radical (unpaired) electrons. The second kappa shape index (κ2) is 29.2. The lowest BCUT2D eigenvalue weighted by molar-refractivity contribution is -0.396. The van der Waals surface area contributed by atoms with Crippen molar-refractivity contribution in [2.75, 3.05) is 46.2 Å². The Hall–Kier alpha value is -3.19. The molecule has 0 spiro atoms. The summed E-state index contributed by atoms with van der Waals surface area (Å²) < 4.78 is 87.3. The van der Waals surface area contributed by atoms with E-state index in [2.05, 4.69) is 0 Å². The van der Waals surface area contributed by atoms with E-state index < -0.39 is 267 Å². The molecule has 21 fully saturated rings. The number of carbonyl (C=O) groups is 1. The van der Waals surface area contributed by atoms with Crippen molar-refractivity contribution in [3.63, 3.8) is 0 Å². The van der Waals surface area contributed by atoms with Crippen LogP contribution < -0.4 is 0 Å². The van der Waals surface area contributed by atoms with Crippen LogP contribution >= 0.6 is 0 Å². The molecule has 23 rings (SSSR count). The summed E-state index contributed by atoms with van der Waals surface area (Å²) in [6.07, 6.45) is -71.8. The molecule has 21 saturated heterocycles. The van der Waals surface area contributed by atoms with Gasteiger partial charge in [0.1, 0.15) is 165 Å². The summed E-state index contributed by atoms with van der Waals surface area (Å²) in [7, 11) is 0. The maximum atomic E-state index is 14.3. The Kier molecular flexibility index (Phi) is 22.5. The fourth-order valence-electron chi connectivity index (χ4n) is 12.1. The van der Waals surface area contributed by atoms with Gasteiger partial charge in [-0.05, 0) is 16.8 Å². The minimum absolute atomic E-state index is 0.0758. The lowest BCUT2D eigenvalue weighted by Gasteiger charge is -2.50. The standard InChI is InChI=1S/C53H76O36/c54-8-18-38-26(62)32(68)48(76-18)85-40-20(10-56)78-50(34(70)28(40)64)87-42-22(12-58)80-52(36(72)30(42)66)89-44-24(14-60)81-53(37(73)45(44)82-46(74)17-7-3-5-15-4-1-2-6-16(15)17)88-43-23(13-59)79-51(35(71)29(43)65)86-41-21(11-57)77-49(33(69)27(41)63)84-39-19(9-55)75-47(83-38)31(67)25(39)61/h1-7,18-45,47-73H,8-14H2/t18-,19-,20-,21-,22-,23-,24-,25-,26-,27-,28-,29-,30-,31-,32-,33-,34-,35-,36-,37-,38-,39-,40-,41-,42-,43-,44-,45-,47-,48-,49-,50-,51-,52-,53-/m1/s1. The number of aliphatic hydroxyl groups is 20. The molecule has 0 saturated carbocycles. The molecule has 21 aliphatic heterocycles. The Morgan fingerprint density at radius 3 is 0.809 bits per heavy atom. The monoisotopic (exact) mass is 1290 g/mol. The van der Waals surface area contributed by atoms with Gasteiger partial charge in [0.05, 0.1) is 51.8 Å². The predicted octanol–water partition coefficient (Wildman–Crippen LogP) is -12.2. The summed E-state index contributed by atoms with van der Waals surface area (Å²) in [6, 6.07) is 11.1. The number of ether oxygens (including phenoxy) is 15. The van der Waals surface area contributed by atoms with E-state index in [4.69, 9.17) is 71.1 Å². The SMILES string of the molecule is O=C(O[C@@H]1[C@@H](O)[C@H]2O[C@H]3[C@H](O)[C@@H](O)[C@@H](O[C@H]4[C@H](O)[C@@H](O)[C@@H](O[C@H]5[C@H](O)[C@@H](O)[C@@H](O[C@H]6[C@H](O)[C@@H](O)[C@@H](O[C@H]7[C@H](O)[C@@H](O)[C@@H](O[C@H]8[C@H](O)[C@@H](O)[C@@H](O[C@@H]1[C@@H](CO)O2)O[C@@H]8CO)O[C@@H]7CO)O[C@@H]6CO)O[C@@H]5CO)O[C@@H]4CO)O[C@@H]3CO)c1cccc2ccccc12. The second-order valence-electron chi connectivity index (χ2n) is 22.6. The Morgan fingerprint density at radius 2 is 0.528 bits per heavy atom. The summed E-state index contributed by atoms with van der Waals surface area (Å²) in [6.45, 7) is -7.56. The van der Waals surface area contributed by atoms with Gasteiger partial charge in [0, 0.05) is 0 Å². The van der Waals surface area contributed by atoms with Crippen LogP contribution in [0, 0.1) is 0 Å². The van der Waals surface area contributed by atoms with Gasteiger partial charge >= 0.3 is 5.97 Å². The number of hydrogen-bond acceptors (Lipinski definition) is 36. The van der Waals surface area contributed by atoms with Crippen LogP contribution in [0.5, 0.6) is 0 Å². The van der Waals surface area contributed by atoms with Crippen molar-refractivity contribution in [2.45, 2.75) is 215 Å². The zero-order valence-electron chi connectivity index (χ0n) is 46.7. The van der Waals surface area contributed by atoms with Crippen molar-refractivity contribution in [1.82, 2.24) is 0 Å². The van der Waals surface area contributed by atoms with Crippen LogP contribution in [0.3, 0.4) is 0 Å². The van der Waals surface area contributed by atoms with Crippen molar-refractivity contribution in [3.05, 3.63) is 48.0 Å². The van der Waals surface area contributed by atoms with Gasteiger partial charge in [-0.15, -0.1) is 0 Å². The molecule has 89 heavy (non-hydrogen) atoms. The average molecular weight is 1290 g/mol. The molecular formula is C53H76O36. The molecular weight excluding hydrogens is 1210 g/mol. The van der Waals surface area contributed by atoms with E-state index in [0.717, 1.165) is 0 Å². The molecule has 504 valence electrons. The van der Waals surface area contributed by atoms with Crippen LogP contribution in [0.4, 0.5) is 0 Å². The number of benzene rings is 2. The minimum Gasteiger partial charge on any atom is -0.453 e. The summed E-state index contributed by atoms with van der Waals surface area (Å²) >= 11 is 0. The van der Waals surface area contributed by atoms with Crippen LogP contribution in [0.15, 0.2) is 42.5 Å². The Balaban J connectivity index is 0.972. The molecule has 2 aromatic rings. The molecule has 35 atom stereocenters. The van der Waals surface area contributed by atoms with Crippen LogP contribution in [0.1, 0.15) is 10.4 Å². The molecule has 2 aromatic carbocycles. The average Bonchev–Trinajstić information content (AvgIpc) is 0.951. The highest BCUT2D eigenvalue weighted by atomic mass is 16.8. The van der Waals surface area contributed by atoms with E-state index in [0.29, 0.717) is 10.8 Å². The topological polar surface area (TPSA) is 560 Å². The van der Waals surface area contributed by atoms with E-state index in [1.54, 1.807) is 30.3 Å². The largest absolute Gasteiger partial charge is 0.453 e. The highest BCUT2D eigenvalue weighted by molar-refractivity contribution is 6.04. The zero-order valence-corrected chi connectivity index (χ0v) is 46.7. The summed E-state index contributed by atoms with van der Waals surface area (Å²) in [5.74, 6) is -1.14. The first-order chi connectivity index (χ1) is 42.6. The quantitative estimate of drug-likeness (QED) is 0.104. The molecule has 0 aliphatic carbocycles. The number of rotatable bonds is 9. The van der Waals surface area contributed by atoms with E-state index in [-0.39, 0.29) is 5.56 Å². The first-order valence-corrected chi connectivity index (χ1v) is 28.6. The zero-order chi connectivity index (χ0) is 64.0. The first kappa shape index (κ1) is 68.7. The van der Waals surface area contributed by atoms with Crippen LogP contribution in [-0.4, -0.2) is 369 Å². The molecule has 21 heterocycles. The Labute approximate surface area is 503 Å². The first-order valence-electron chi connectivity index (χ1n) is 28.6. The lowest BCUT2D eigenvalue weighted by atomic mass is 9.95. The molecule has 0 unspecified atom stereocenters. The smallest absolute Gasteiger partial charge is 0.339 e. The molecule has 14 bridgehead atoms. The Bertz CT molecular complexity index is 2570. The van der Waals surface area contributed by atoms with Crippen molar-refractivity contribution in [3.8, 4) is 0 Å². The molecule has 36 nitrogen and oxygen atoms in total. The van der Waals surface area contributed by atoms with Gasteiger partial charge in [-0.3, -0.25) is 0 Å². The van der Waals surface area contributed by atoms with Crippen LogP contribution in [-0.2, 0) is 71.1 Å². The highest BCUT2D eigenvalue weighted by Gasteiger charge is 2.60. The van der Waals surface area contributed by atoms with E-state index >= 15 is 0 Å². The van der Waals surface area contributed by atoms with Gasteiger partial charge in [0.2, 0.25) is 0 Å². The van der Waals surface area contributed by atoms with Crippen molar-refractivity contribution >= 4 is 16.7 Å². The number of fused-ring (bicyclic) bond motifs is 1. The summed E-state index contributed by atoms with van der Waals surface area (Å²) in [5, 5.41) is 225. The molecule has 20 N–H and O–H groups in total. The van der Waals surface area contributed by atoms with Crippen LogP contribution in [0.2, 0.25) is 0 Å². The van der Waals surface area contributed by atoms with E-state index in [1.165, 1.54) is 12.1 Å². The van der Waals surface area contributed by atoms with Gasteiger partial charge in [-0.2, -0.15) is 0 Å². The third-order valence-corrected chi connectivity index (χ3v) is 17.0. The van der Waals surface area contributed by atoms with E-state index in [9.17, 15) is 107 Å². The molecule has 36 heteroatoms. The maximum Gasteiger partial charge on any atom is 0.339 e. The van der Waals surface area contributed by atoms with Gasteiger partial charge in [0.25, 0.3) is 0 Å². The predicted molar refractivity (Wildman–Crippen MR) is 276 cm³/mol. The lowest BCUT2D eigenvalue weighted by Crippen LogP contribution is -2.68. The number of hydrogen-bond donors (Lipinski definition) is 20. The minimum atomic E-state index is -2.29. The van der Waals surface area contributed by atoms with Gasteiger partial charge in [0.15, 0.2) is 50.1 Å².